The highest BCUT2D eigenvalue weighted by atomic mass is 32.2. The molecule has 2 amide bonds. The van der Waals surface area contributed by atoms with Crippen molar-refractivity contribution in [3.05, 3.63) is 74.2 Å². The van der Waals surface area contributed by atoms with Crippen LogP contribution in [0.25, 0.3) is 0 Å². The fraction of sp³-hybridized carbons (Fsp3) is 0.357. The van der Waals surface area contributed by atoms with Crippen LogP contribution in [0, 0.1) is 29.6 Å². The lowest BCUT2D eigenvalue weighted by Gasteiger charge is -2.43. The minimum absolute atomic E-state index is 0.00911. The molecule has 4 aliphatic rings. The number of aromatic nitrogens is 1. The van der Waals surface area contributed by atoms with Gasteiger partial charge in [-0.2, -0.15) is 0 Å². The smallest absolute Gasteiger partial charge is 0.338 e. The van der Waals surface area contributed by atoms with E-state index in [1.807, 2.05) is 12.1 Å². The Balaban J connectivity index is 1.26. The van der Waals surface area contributed by atoms with Crippen molar-refractivity contribution in [3.8, 4) is 5.75 Å². The molecule has 3 aromatic rings. The summed E-state index contributed by atoms with van der Waals surface area (Å²) in [4.78, 5) is 57.0. The highest BCUT2D eigenvalue weighted by molar-refractivity contribution is 8.00. The molecule has 3 heterocycles. The molecule has 2 bridgehead atoms. The quantitative estimate of drug-likeness (QED) is 0.374. The van der Waals surface area contributed by atoms with E-state index in [2.05, 4.69) is 4.98 Å². The largest absolute Gasteiger partial charge is 0.508 e. The van der Waals surface area contributed by atoms with Crippen molar-refractivity contribution in [2.75, 3.05) is 11.5 Å². The Kier molecular flexibility index (Phi) is 5.35. The van der Waals surface area contributed by atoms with E-state index in [4.69, 9.17) is 4.74 Å². The number of amides is 2. The molecule has 7 atom stereocenters. The number of esters is 1. The van der Waals surface area contributed by atoms with Crippen molar-refractivity contribution in [2.45, 2.75) is 29.5 Å². The maximum atomic E-state index is 13.8. The first-order valence-corrected chi connectivity index (χ1v) is 14.4. The van der Waals surface area contributed by atoms with Crippen LogP contribution in [0.4, 0.5) is 5.69 Å². The first-order valence-electron chi connectivity index (χ1n) is 12.7. The number of thioether (sulfide) groups is 1. The molecule has 2 N–H and O–H groups in total. The van der Waals surface area contributed by atoms with Crippen LogP contribution in [-0.2, 0) is 14.3 Å². The van der Waals surface area contributed by atoms with Crippen LogP contribution in [0.15, 0.2) is 58.4 Å². The molecule has 38 heavy (non-hydrogen) atoms. The Morgan fingerprint density at radius 1 is 1.05 bits per heavy atom. The molecule has 2 aromatic carbocycles. The normalized spacial score (nSPS) is 30.8. The topological polar surface area (TPSA) is 117 Å². The van der Waals surface area contributed by atoms with Crippen molar-refractivity contribution in [3.63, 3.8) is 0 Å². The second-order valence-electron chi connectivity index (χ2n) is 10.3. The van der Waals surface area contributed by atoms with E-state index in [9.17, 15) is 24.3 Å². The van der Waals surface area contributed by atoms with Gasteiger partial charge in [-0.15, -0.1) is 11.8 Å². The molecule has 10 heteroatoms. The predicted octanol–water partition coefficient (Wildman–Crippen LogP) is 4.00. The lowest BCUT2D eigenvalue weighted by molar-refractivity contribution is -0.123. The molecule has 0 radical (unpaired) electrons. The Bertz CT molecular complexity index is 1550. The number of phenols is 1. The second kappa shape index (κ2) is 8.57. The molecule has 1 saturated heterocycles. The third-order valence-electron chi connectivity index (χ3n) is 8.63. The molecule has 8 nitrogen and oxygen atoms in total. The number of imide groups is 1. The number of phenolic OH excluding ortho intramolecular Hbond substituents is 1. The van der Waals surface area contributed by atoms with Gasteiger partial charge in [0.15, 0.2) is 0 Å². The Hall–Kier alpha value is -3.37. The molecule has 2 saturated carbocycles. The Morgan fingerprint density at radius 3 is 2.47 bits per heavy atom. The number of carbonyl (C=O) groups excluding carboxylic acids is 3. The molecular formula is C28H24N2O6S2. The molecule has 2 aliphatic heterocycles. The summed E-state index contributed by atoms with van der Waals surface area (Å²) in [5.41, 5.74) is 1.58. The van der Waals surface area contributed by atoms with E-state index in [0.29, 0.717) is 11.3 Å². The molecule has 0 spiro atoms. The number of aromatic hydroxyl groups is 1. The number of H-pyrrole nitrogens is 1. The van der Waals surface area contributed by atoms with Crippen LogP contribution < -0.4 is 9.77 Å². The Labute approximate surface area is 226 Å². The summed E-state index contributed by atoms with van der Waals surface area (Å²) >= 11 is 2.78. The van der Waals surface area contributed by atoms with Crippen LogP contribution >= 0.6 is 23.1 Å². The number of fused-ring (bicyclic) bond motifs is 9. The molecule has 2 aliphatic carbocycles. The monoisotopic (exact) mass is 548 g/mol. The third kappa shape index (κ3) is 3.22. The molecule has 7 unspecified atom stereocenters. The summed E-state index contributed by atoms with van der Waals surface area (Å²) in [6.45, 7) is 2.00. The summed E-state index contributed by atoms with van der Waals surface area (Å²) in [5.74, 6) is -1.79. The van der Waals surface area contributed by atoms with Gasteiger partial charge in [0.25, 0.3) is 0 Å². The molecule has 7 rings (SSSR count). The zero-order valence-corrected chi connectivity index (χ0v) is 22.0. The zero-order valence-electron chi connectivity index (χ0n) is 20.3. The number of hydrogen-bond acceptors (Lipinski definition) is 8. The summed E-state index contributed by atoms with van der Waals surface area (Å²) < 4.78 is 5.04. The number of para-hydroxylation sites is 1. The average Bonchev–Trinajstić information content (AvgIpc) is 3.64. The maximum Gasteiger partial charge on any atom is 0.338 e. The highest BCUT2D eigenvalue weighted by Gasteiger charge is 2.69. The van der Waals surface area contributed by atoms with Gasteiger partial charge in [0.2, 0.25) is 11.8 Å². The number of carbonyl (C=O) groups is 3. The first-order chi connectivity index (χ1) is 18.4. The number of nitrogens with zero attached hydrogens (tertiary/aromatic N) is 1. The number of rotatable bonds is 4. The van der Waals surface area contributed by atoms with Gasteiger partial charge in [-0.25, -0.2) is 4.79 Å². The summed E-state index contributed by atoms with van der Waals surface area (Å²) in [6.07, 6.45) is 0.772. The number of hydrogen-bond donors (Lipinski definition) is 2. The summed E-state index contributed by atoms with van der Waals surface area (Å²) in [7, 11) is 0. The molecule has 194 valence electrons. The van der Waals surface area contributed by atoms with Gasteiger partial charge in [-0.3, -0.25) is 19.3 Å². The van der Waals surface area contributed by atoms with Crippen molar-refractivity contribution in [1.29, 1.82) is 0 Å². The van der Waals surface area contributed by atoms with Gasteiger partial charge in [0.1, 0.15) is 5.75 Å². The van der Waals surface area contributed by atoms with Gasteiger partial charge in [0, 0.05) is 21.6 Å². The fourth-order valence-corrected chi connectivity index (χ4v) is 10.2. The van der Waals surface area contributed by atoms with Crippen molar-refractivity contribution in [2.24, 2.45) is 29.6 Å². The van der Waals surface area contributed by atoms with Crippen LogP contribution in [0.3, 0.4) is 0 Å². The van der Waals surface area contributed by atoms with Gasteiger partial charge >= 0.3 is 10.8 Å². The summed E-state index contributed by atoms with van der Waals surface area (Å²) in [6, 6.07) is 13.6. The van der Waals surface area contributed by atoms with Crippen molar-refractivity contribution >= 4 is 46.6 Å². The number of thiazole rings is 1. The zero-order chi connectivity index (χ0) is 26.3. The van der Waals surface area contributed by atoms with Crippen LogP contribution in [0.2, 0.25) is 0 Å². The fourth-order valence-electron chi connectivity index (χ4n) is 7.33. The number of benzene rings is 2. The van der Waals surface area contributed by atoms with E-state index < -0.39 is 17.8 Å². The van der Waals surface area contributed by atoms with Gasteiger partial charge in [0.05, 0.1) is 34.7 Å². The van der Waals surface area contributed by atoms with Crippen molar-refractivity contribution in [1.82, 2.24) is 4.98 Å². The van der Waals surface area contributed by atoms with Crippen LogP contribution in [0.5, 0.6) is 5.75 Å². The van der Waals surface area contributed by atoms with Crippen LogP contribution in [-0.4, -0.2) is 39.7 Å². The number of anilines is 1. The van der Waals surface area contributed by atoms with Crippen molar-refractivity contribution < 1.29 is 24.2 Å². The van der Waals surface area contributed by atoms with Crippen LogP contribution in [0.1, 0.15) is 40.1 Å². The standard InChI is InChI=1S/C28H24N2O6S2/c1-2-36-27(34)12-7-9-13(10-8-12)30-25(32)20-15-11-16(21(20)26(30)33)22-19(15)18(14-5-3-4-6-17(14)31)23-24(37-22)29-28(35)38-23/h3-10,15-16,18-22,31H,2,11H2,1H3,(H,29,35). The molecular weight excluding hydrogens is 524 g/mol. The third-order valence-corrected chi connectivity index (χ3v) is 11.2. The first kappa shape index (κ1) is 23.7. The average molecular weight is 549 g/mol. The maximum absolute atomic E-state index is 13.8. The molecule has 1 aromatic heterocycles. The highest BCUT2D eigenvalue weighted by Crippen LogP contribution is 2.69. The minimum atomic E-state index is -0.449. The summed E-state index contributed by atoms with van der Waals surface area (Å²) in [5, 5.41) is 11.7. The predicted molar refractivity (Wildman–Crippen MR) is 141 cm³/mol. The lowest BCUT2D eigenvalue weighted by atomic mass is 9.68. The van der Waals surface area contributed by atoms with E-state index in [1.54, 1.807) is 55.1 Å². The van der Waals surface area contributed by atoms with Gasteiger partial charge < -0.3 is 14.8 Å². The number of ether oxygens (including phenoxy) is 1. The second-order valence-corrected chi connectivity index (χ2v) is 12.5. The number of nitrogens with one attached hydrogen (secondary N) is 1. The lowest BCUT2D eigenvalue weighted by Crippen LogP contribution is -2.42. The van der Waals surface area contributed by atoms with E-state index in [-0.39, 0.29) is 58.0 Å². The van der Waals surface area contributed by atoms with Gasteiger partial charge in [-0.1, -0.05) is 29.5 Å². The van der Waals surface area contributed by atoms with E-state index >= 15 is 0 Å². The molecule has 3 fully saturated rings. The van der Waals surface area contributed by atoms with E-state index in [1.165, 1.54) is 16.2 Å². The SMILES string of the molecule is CCOC(=O)c1ccc(N2C(=O)C3C4CC(C3C2=O)C2C(c3ccccc3O)c3sc(=O)[nH]c3SC42)cc1. The number of aromatic amines is 1. The van der Waals surface area contributed by atoms with E-state index in [0.717, 1.165) is 21.9 Å². The van der Waals surface area contributed by atoms with Gasteiger partial charge in [-0.05, 0) is 61.4 Å². The minimum Gasteiger partial charge on any atom is -0.508 e. The Morgan fingerprint density at radius 2 is 1.76 bits per heavy atom.